The lowest BCUT2D eigenvalue weighted by molar-refractivity contribution is -0.127. The summed E-state index contributed by atoms with van der Waals surface area (Å²) >= 11 is 5.70. The number of ether oxygens (including phenoxy) is 1. The Hall–Kier alpha value is -0.970. The molecular weight excluding hydrogens is 496 g/mol. The van der Waals surface area contributed by atoms with Crippen LogP contribution in [0, 0.1) is 0 Å². The van der Waals surface area contributed by atoms with Crippen molar-refractivity contribution in [2.75, 3.05) is 32.1 Å². The van der Waals surface area contributed by atoms with Crippen LogP contribution in [0.25, 0.3) is 0 Å². The Labute approximate surface area is 240 Å². The molecule has 5 nitrogen and oxygen atoms in total. The first kappa shape index (κ1) is 35.1. The van der Waals surface area contributed by atoms with E-state index >= 15 is 0 Å². The molecule has 1 atom stereocenters. The van der Waals surface area contributed by atoms with Crippen molar-refractivity contribution in [2.24, 2.45) is 0 Å². The first-order valence-corrected chi connectivity index (χ1v) is 16.9. The number of rotatable bonds is 23. The topological polar surface area (TPSA) is 49.9 Å². The van der Waals surface area contributed by atoms with Gasteiger partial charge in [0.15, 0.2) is 0 Å². The van der Waals surface area contributed by atoms with Gasteiger partial charge < -0.3 is 14.5 Å². The number of halogens is 1. The van der Waals surface area contributed by atoms with Crippen molar-refractivity contribution in [1.29, 1.82) is 0 Å². The van der Waals surface area contributed by atoms with Crippen LogP contribution >= 0.6 is 11.6 Å². The molecule has 0 aromatic carbocycles. The van der Waals surface area contributed by atoms with Crippen LogP contribution in [0.15, 0.2) is 0 Å². The van der Waals surface area contributed by atoms with Gasteiger partial charge in [0.25, 0.3) is 0 Å². The Morgan fingerprint density at radius 2 is 1.08 bits per heavy atom. The van der Waals surface area contributed by atoms with E-state index in [0.717, 1.165) is 38.9 Å². The van der Waals surface area contributed by atoms with E-state index in [-0.39, 0.29) is 12.2 Å². The molecule has 0 saturated carbocycles. The maximum absolute atomic E-state index is 11.5. The van der Waals surface area contributed by atoms with Gasteiger partial charge in [-0.15, -0.1) is 11.6 Å². The number of alkyl halides is 1. The van der Waals surface area contributed by atoms with Crippen LogP contribution in [-0.4, -0.2) is 60.0 Å². The number of carbonyl (C=O) groups is 2. The van der Waals surface area contributed by atoms with E-state index in [4.69, 9.17) is 16.3 Å². The summed E-state index contributed by atoms with van der Waals surface area (Å²) in [5.74, 6) is 0.784. The van der Waals surface area contributed by atoms with Gasteiger partial charge in [-0.2, -0.15) is 0 Å². The fourth-order valence-corrected chi connectivity index (χ4v) is 5.52. The zero-order chi connectivity index (χ0) is 27.7. The average molecular weight is 557 g/mol. The van der Waals surface area contributed by atoms with Gasteiger partial charge in [0.05, 0.1) is 12.4 Å². The zero-order valence-corrected chi connectivity index (χ0v) is 25.9. The Balaban J connectivity index is 0.000000382. The molecule has 2 saturated heterocycles. The Morgan fingerprint density at radius 1 is 0.658 bits per heavy atom. The standard InChI is InChI=1S/C16H30ClNO2.C16H31NO/c1-2-3-4-5-6-7-8-9-10-11-12-18-14-15(13-17)20-16(18)19;1-2-3-4-5-6-7-8-9-10-11-14-17-15-12-13-16(17)18/h15H,2-14H2,1H3;2-15H2,1H3. The molecule has 0 radical (unpaired) electrons. The van der Waals surface area contributed by atoms with E-state index in [1.807, 2.05) is 4.90 Å². The number of hydrogen-bond donors (Lipinski definition) is 0. The van der Waals surface area contributed by atoms with Gasteiger partial charge in [-0.05, 0) is 19.3 Å². The summed E-state index contributed by atoms with van der Waals surface area (Å²) in [6.07, 6.45) is 28.4. The number of unbranched alkanes of at least 4 members (excludes halogenated alkanes) is 18. The number of hydrogen-bond acceptors (Lipinski definition) is 3. The average Bonchev–Trinajstić information content (AvgIpc) is 3.50. The lowest BCUT2D eigenvalue weighted by Crippen LogP contribution is -2.26. The predicted molar refractivity (Wildman–Crippen MR) is 162 cm³/mol. The van der Waals surface area contributed by atoms with Gasteiger partial charge in [-0.1, -0.05) is 129 Å². The lowest BCUT2D eigenvalue weighted by Gasteiger charge is -2.14. The summed E-state index contributed by atoms with van der Waals surface area (Å²) in [5.41, 5.74) is 0. The largest absolute Gasteiger partial charge is 0.443 e. The van der Waals surface area contributed by atoms with Crippen LogP contribution in [0.4, 0.5) is 4.79 Å². The second-order valence-electron chi connectivity index (χ2n) is 11.5. The Bertz CT molecular complexity index is 575. The molecule has 0 spiro atoms. The molecule has 224 valence electrons. The second-order valence-corrected chi connectivity index (χ2v) is 11.8. The third-order valence-corrected chi connectivity index (χ3v) is 8.20. The maximum Gasteiger partial charge on any atom is 0.410 e. The smallest absolute Gasteiger partial charge is 0.410 e. The normalized spacial score (nSPS) is 17.2. The number of amides is 2. The summed E-state index contributed by atoms with van der Waals surface area (Å²) in [5, 5.41) is 0. The third kappa shape index (κ3) is 18.3. The monoisotopic (exact) mass is 556 g/mol. The minimum Gasteiger partial charge on any atom is -0.443 e. The van der Waals surface area contributed by atoms with E-state index < -0.39 is 0 Å². The van der Waals surface area contributed by atoms with Crippen molar-refractivity contribution in [1.82, 2.24) is 9.80 Å². The summed E-state index contributed by atoms with van der Waals surface area (Å²) in [6.45, 7) is 8.03. The van der Waals surface area contributed by atoms with Gasteiger partial charge in [-0.25, -0.2) is 4.79 Å². The molecule has 2 rings (SSSR count). The molecule has 0 aromatic heterocycles. The van der Waals surface area contributed by atoms with Crippen LogP contribution in [0.3, 0.4) is 0 Å². The van der Waals surface area contributed by atoms with Crippen LogP contribution in [-0.2, 0) is 9.53 Å². The number of nitrogens with zero attached hydrogens (tertiary/aromatic N) is 2. The van der Waals surface area contributed by atoms with Crippen molar-refractivity contribution in [2.45, 2.75) is 161 Å². The molecule has 1 unspecified atom stereocenters. The summed E-state index contributed by atoms with van der Waals surface area (Å²) in [4.78, 5) is 26.7. The first-order chi connectivity index (χ1) is 18.6. The van der Waals surface area contributed by atoms with E-state index in [9.17, 15) is 9.59 Å². The minimum atomic E-state index is -0.188. The molecule has 6 heteroatoms. The summed E-state index contributed by atoms with van der Waals surface area (Å²) in [7, 11) is 0. The Morgan fingerprint density at radius 3 is 1.45 bits per heavy atom. The number of likely N-dealkylation sites (tertiary alicyclic amines) is 1. The van der Waals surface area contributed by atoms with Gasteiger partial charge in [0.1, 0.15) is 6.10 Å². The molecule has 2 fully saturated rings. The zero-order valence-electron chi connectivity index (χ0n) is 25.2. The van der Waals surface area contributed by atoms with Gasteiger partial charge >= 0.3 is 6.09 Å². The second kappa shape index (κ2) is 25.0. The molecule has 2 amide bonds. The summed E-state index contributed by atoms with van der Waals surface area (Å²) in [6, 6.07) is 0. The van der Waals surface area contributed by atoms with Crippen LogP contribution in [0.2, 0.25) is 0 Å². The van der Waals surface area contributed by atoms with Crippen LogP contribution < -0.4 is 0 Å². The molecule has 0 bridgehead atoms. The molecule has 38 heavy (non-hydrogen) atoms. The highest BCUT2D eigenvalue weighted by molar-refractivity contribution is 6.18. The van der Waals surface area contributed by atoms with Crippen molar-refractivity contribution in [3.63, 3.8) is 0 Å². The number of cyclic esters (lactones) is 1. The minimum absolute atomic E-state index is 0.104. The fraction of sp³-hybridized carbons (Fsp3) is 0.938. The fourth-order valence-electron chi connectivity index (χ4n) is 5.36. The highest BCUT2D eigenvalue weighted by Gasteiger charge is 2.29. The highest BCUT2D eigenvalue weighted by atomic mass is 35.5. The third-order valence-electron chi connectivity index (χ3n) is 7.86. The summed E-state index contributed by atoms with van der Waals surface area (Å²) < 4.78 is 5.12. The quantitative estimate of drug-likeness (QED) is 0.0929. The van der Waals surface area contributed by atoms with Crippen molar-refractivity contribution < 1.29 is 14.3 Å². The Kier molecular flexibility index (Phi) is 23.1. The molecule has 0 aromatic rings. The van der Waals surface area contributed by atoms with Crippen LogP contribution in [0.5, 0.6) is 0 Å². The molecule has 0 N–H and O–H groups in total. The van der Waals surface area contributed by atoms with Gasteiger partial charge in [0, 0.05) is 26.1 Å². The van der Waals surface area contributed by atoms with Crippen molar-refractivity contribution in [3.05, 3.63) is 0 Å². The SMILES string of the molecule is CCCCCCCCCCCCN1CC(CCl)OC1=O.CCCCCCCCCCCCN1CCCC1=O. The van der Waals surface area contributed by atoms with Gasteiger partial charge in [0.2, 0.25) is 5.91 Å². The number of carbonyl (C=O) groups excluding carboxylic acids is 2. The molecule has 2 aliphatic rings. The van der Waals surface area contributed by atoms with Gasteiger partial charge in [-0.3, -0.25) is 4.79 Å². The molecule has 2 aliphatic heterocycles. The maximum atomic E-state index is 11.5. The van der Waals surface area contributed by atoms with E-state index in [2.05, 4.69) is 13.8 Å². The van der Waals surface area contributed by atoms with E-state index in [1.54, 1.807) is 4.90 Å². The van der Waals surface area contributed by atoms with E-state index in [0.29, 0.717) is 18.3 Å². The van der Waals surface area contributed by atoms with Crippen molar-refractivity contribution in [3.8, 4) is 0 Å². The molecule has 0 aliphatic carbocycles. The van der Waals surface area contributed by atoms with Crippen molar-refractivity contribution >= 4 is 23.6 Å². The van der Waals surface area contributed by atoms with Crippen LogP contribution in [0.1, 0.15) is 155 Å². The molecular formula is C32H61ClN2O3. The highest BCUT2D eigenvalue weighted by Crippen LogP contribution is 2.16. The molecule has 2 heterocycles. The van der Waals surface area contributed by atoms with E-state index in [1.165, 1.54) is 122 Å². The lowest BCUT2D eigenvalue weighted by atomic mass is 10.1. The predicted octanol–water partition coefficient (Wildman–Crippen LogP) is 9.50. The first-order valence-electron chi connectivity index (χ1n) is 16.4.